The van der Waals surface area contributed by atoms with Crippen molar-refractivity contribution in [3.05, 3.63) is 36.5 Å². The van der Waals surface area contributed by atoms with Gasteiger partial charge in [-0.2, -0.15) is 0 Å². The fraction of sp³-hybridized carbons (Fsp3) is 0.886. The molecule has 0 aromatic heterocycles. The molecule has 0 rings (SSSR count). The van der Waals surface area contributed by atoms with Crippen molar-refractivity contribution < 1.29 is 42.9 Å². The molecule has 0 radical (unpaired) electrons. The summed E-state index contributed by atoms with van der Waals surface area (Å²) in [5, 5.41) is 9.75. The van der Waals surface area contributed by atoms with Crippen LogP contribution in [0.1, 0.15) is 393 Å². The maximum absolute atomic E-state index is 12.9. The van der Waals surface area contributed by atoms with Crippen molar-refractivity contribution in [2.45, 2.75) is 405 Å². The highest BCUT2D eigenvalue weighted by molar-refractivity contribution is 5.71. The summed E-state index contributed by atoms with van der Waals surface area (Å²) in [6.07, 6.45) is 87.3. The second-order valence-corrected chi connectivity index (χ2v) is 27.7. The van der Waals surface area contributed by atoms with Gasteiger partial charge in [0, 0.05) is 12.8 Å². The standard InChI is InChI=1S/C79H149NO8/c1-6-8-10-12-14-16-18-20-22-24-26-28-30-31-32-33-34-35-36-37-38-39-40-41-42-43-44-45-46-48-49-51-53-55-57-59-61-63-65-67-69-76(81)86-73-75(74-87-79(78(83)84)85-72-71-80(3,4)5)88-77(82)70-68-66-64-62-60-58-56-54-52-50-47-29-27-25-23-21-19-17-15-13-11-9-7-2/h19,21,25,27,47,50,75,79H,6-18,20,22-24,26,28-46,48-49,51-74H2,1-5H3/p+1/b21-19-,27-25-,50-47-. The Bertz CT molecular complexity index is 1540. The van der Waals surface area contributed by atoms with Crippen LogP contribution < -0.4 is 0 Å². The lowest BCUT2D eigenvalue weighted by Crippen LogP contribution is -2.40. The molecule has 0 spiro atoms. The summed E-state index contributed by atoms with van der Waals surface area (Å²) < 4.78 is 23.0. The number of ether oxygens (including phenoxy) is 4. The van der Waals surface area contributed by atoms with E-state index in [0.29, 0.717) is 23.9 Å². The first-order valence-electron chi connectivity index (χ1n) is 38.7. The van der Waals surface area contributed by atoms with Crippen LogP contribution in [0, 0.1) is 0 Å². The minimum absolute atomic E-state index is 0.181. The van der Waals surface area contributed by atoms with E-state index < -0.39 is 24.3 Å². The van der Waals surface area contributed by atoms with E-state index in [4.69, 9.17) is 18.9 Å². The quantitative estimate of drug-likeness (QED) is 0.0211. The van der Waals surface area contributed by atoms with Gasteiger partial charge in [0.1, 0.15) is 13.2 Å². The zero-order valence-corrected chi connectivity index (χ0v) is 59.4. The van der Waals surface area contributed by atoms with Gasteiger partial charge < -0.3 is 28.5 Å². The summed E-state index contributed by atoms with van der Waals surface area (Å²) in [5.74, 6) is -1.99. The summed E-state index contributed by atoms with van der Waals surface area (Å²) in [5.41, 5.74) is 0. The van der Waals surface area contributed by atoms with Crippen molar-refractivity contribution in [3.63, 3.8) is 0 Å². The van der Waals surface area contributed by atoms with Crippen LogP contribution in [0.3, 0.4) is 0 Å². The second-order valence-electron chi connectivity index (χ2n) is 27.7. The van der Waals surface area contributed by atoms with Crippen LogP contribution in [0.4, 0.5) is 0 Å². The molecule has 0 amide bonds. The number of aliphatic carboxylic acids is 1. The van der Waals surface area contributed by atoms with Crippen LogP contribution in [-0.4, -0.2) is 87.4 Å². The van der Waals surface area contributed by atoms with E-state index in [9.17, 15) is 19.5 Å². The largest absolute Gasteiger partial charge is 0.477 e. The lowest BCUT2D eigenvalue weighted by molar-refractivity contribution is -0.870. The van der Waals surface area contributed by atoms with Gasteiger partial charge in [0.15, 0.2) is 6.10 Å². The van der Waals surface area contributed by atoms with E-state index in [1.165, 1.54) is 302 Å². The van der Waals surface area contributed by atoms with Crippen molar-refractivity contribution in [3.8, 4) is 0 Å². The summed E-state index contributed by atoms with van der Waals surface area (Å²) in [6.45, 7) is 4.92. The lowest BCUT2D eigenvalue weighted by atomic mass is 10.0. The number of hydrogen-bond acceptors (Lipinski definition) is 7. The third-order valence-electron chi connectivity index (χ3n) is 17.6. The normalized spacial score (nSPS) is 12.8. The average Bonchev–Trinajstić information content (AvgIpc) is 3.51. The number of carboxylic acid groups (broad SMARTS) is 1. The Morgan fingerprint density at radius 3 is 0.909 bits per heavy atom. The Morgan fingerprint density at radius 2 is 0.614 bits per heavy atom. The minimum atomic E-state index is -1.51. The van der Waals surface area contributed by atoms with Crippen LogP contribution in [0.25, 0.3) is 0 Å². The fourth-order valence-electron chi connectivity index (χ4n) is 11.7. The van der Waals surface area contributed by atoms with Crippen molar-refractivity contribution in [2.24, 2.45) is 0 Å². The summed E-state index contributed by atoms with van der Waals surface area (Å²) in [7, 11) is 5.99. The maximum atomic E-state index is 12.9. The smallest absolute Gasteiger partial charge is 0.361 e. The summed E-state index contributed by atoms with van der Waals surface area (Å²) >= 11 is 0. The van der Waals surface area contributed by atoms with E-state index in [2.05, 4.69) is 50.3 Å². The summed E-state index contributed by atoms with van der Waals surface area (Å²) in [4.78, 5) is 37.6. The first-order valence-corrected chi connectivity index (χ1v) is 38.7. The molecule has 9 heteroatoms. The molecule has 9 nitrogen and oxygen atoms in total. The van der Waals surface area contributed by atoms with Gasteiger partial charge in [0.25, 0.3) is 6.29 Å². The number of likely N-dealkylation sites (N-methyl/N-ethyl adjacent to an activating group) is 1. The SMILES string of the molecule is CCCCCCC/C=C\C/C=C\C/C=C\CCCCCCCCCCC(=O)OC(COC(=O)CCCCCCCCCCCCCCCCCCCCCCCCCCCCCCCCCCCCCCCCCC)COC(OCC[N+](C)(C)C)C(=O)O. The van der Waals surface area contributed by atoms with Crippen molar-refractivity contribution >= 4 is 17.9 Å². The average molecular weight is 1240 g/mol. The van der Waals surface area contributed by atoms with Crippen molar-refractivity contribution in [1.82, 2.24) is 0 Å². The Morgan fingerprint density at radius 1 is 0.341 bits per heavy atom. The van der Waals surface area contributed by atoms with Crippen LogP contribution in [-0.2, 0) is 33.3 Å². The number of carbonyl (C=O) groups excluding carboxylic acids is 2. The Kier molecular flexibility index (Phi) is 68.4. The number of carboxylic acids is 1. The number of esters is 2. The predicted octanol–water partition coefficient (Wildman–Crippen LogP) is 24.3. The number of nitrogens with zero attached hydrogens (tertiary/aromatic N) is 1. The molecular weight excluding hydrogens is 1090 g/mol. The number of unbranched alkanes of at least 4 members (excludes halogenated alkanes) is 52. The molecule has 0 fully saturated rings. The zero-order valence-electron chi connectivity index (χ0n) is 59.4. The molecule has 0 aliphatic carbocycles. The molecular formula is C79H150NO8+. The highest BCUT2D eigenvalue weighted by atomic mass is 16.7. The molecule has 0 heterocycles. The lowest BCUT2D eigenvalue weighted by Gasteiger charge is -2.25. The van der Waals surface area contributed by atoms with E-state index in [-0.39, 0.29) is 32.2 Å². The topological polar surface area (TPSA) is 108 Å². The fourth-order valence-corrected chi connectivity index (χ4v) is 11.7. The molecule has 0 bridgehead atoms. The van der Waals surface area contributed by atoms with Gasteiger partial charge in [0.2, 0.25) is 0 Å². The van der Waals surface area contributed by atoms with Gasteiger partial charge in [-0.25, -0.2) is 4.79 Å². The van der Waals surface area contributed by atoms with Gasteiger partial charge in [-0.05, 0) is 51.4 Å². The monoisotopic (exact) mass is 1240 g/mol. The third kappa shape index (κ3) is 71.0. The molecule has 2 unspecified atom stereocenters. The second kappa shape index (κ2) is 70.4. The summed E-state index contributed by atoms with van der Waals surface area (Å²) in [6, 6.07) is 0. The molecule has 0 aromatic carbocycles. The highest BCUT2D eigenvalue weighted by Crippen LogP contribution is 2.20. The van der Waals surface area contributed by atoms with Gasteiger partial charge in [-0.1, -0.05) is 365 Å². The Hall–Kier alpha value is -2.49. The number of quaternary nitrogens is 1. The maximum Gasteiger partial charge on any atom is 0.361 e. The van der Waals surface area contributed by atoms with Crippen LogP contribution in [0.5, 0.6) is 0 Å². The first kappa shape index (κ1) is 85.5. The predicted molar refractivity (Wildman–Crippen MR) is 378 cm³/mol. The number of allylic oxidation sites excluding steroid dienone is 6. The first-order chi connectivity index (χ1) is 43.1. The van der Waals surface area contributed by atoms with E-state index >= 15 is 0 Å². The minimum Gasteiger partial charge on any atom is -0.477 e. The third-order valence-corrected chi connectivity index (χ3v) is 17.6. The molecule has 0 aliphatic rings. The van der Waals surface area contributed by atoms with Crippen LogP contribution in [0.2, 0.25) is 0 Å². The Balaban J connectivity index is 3.94. The number of rotatable bonds is 73. The van der Waals surface area contributed by atoms with Gasteiger partial charge >= 0.3 is 17.9 Å². The van der Waals surface area contributed by atoms with E-state index in [1.807, 2.05) is 21.1 Å². The number of carbonyl (C=O) groups is 3. The van der Waals surface area contributed by atoms with Crippen molar-refractivity contribution in [2.75, 3.05) is 47.5 Å². The van der Waals surface area contributed by atoms with E-state index in [0.717, 1.165) is 57.8 Å². The van der Waals surface area contributed by atoms with Gasteiger partial charge in [0.05, 0.1) is 34.4 Å². The molecule has 518 valence electrons. The van der Waals surface area contributed by atoms with Gasteiger partial charge in [-0.15, -0.1) is 0 Å². The zero-order chi connectivity index (χ0) is 64.0. The van der Waals surface area contributed by atoms with Crippen LogP contribution in [0.15, 0.2) is 36.5 Å². The molecule has 0 aliphatic heterocycles. The van der Waals surface area contributed by atoms with Gasteiger partial charge in [-0.3, -0.25) is 9.59 Å². The van der Waals surface area contributed by atoms with Crippen molar-refractivity contribution in [1.29, 1.82) is 0 Å². The molecule has 1 N–H and O–H groups in total. The van der Waals surface area contributed by atoms with Crippen LogP contribution >= 0.6 is 0 Å². The molecule has 0 saturated carbocycles. The molecule has 0 saturated heterocycles. The molecule has 2 atom stereocenters. The Labute approximate surface area is 547 Å². The highest BCUT2D eigenvalue weighted by Gasteiger charge is 2.25. The molecule has 88 heavy (non-hydrogen) atoms. The molecule has 0 aromatic rings. The number of hydrogen-bond donors (Lipinski definition) is 1. The van der Waals surface area contributed by atoms with E-state index in [1.54, 1.807) is 0 Å².